The van der Waals surface area contributed by atoms with Gasteiger partial charge >= 0.3 is 0 Å². The monoisotopic (exact) mass is 276 g/mol. The van der Waals surface area contributed by atoms with E-state index in [4.69, 9.17) is 11.6 Å². The third-order valence-electron chi connectivity index (χ3n) is 3.51. The van der Waals surface area contributed by atoms with E-state index in [0.29, 0.717) is 0 Å². The van der Waals surface area contributed by atoms with Gasteiger partial charge in [0.15, 0.2) is 0 Å². The molecule has 0 aliphatic rings. The maximum absolute atomic E-state index is 13.4. The summed E-state index contributed by atoms with van der Waals surface area (Å²) < 4.78 is 13.4. The van der Waals surface area contributed by atoms with Gasteiger partial charge in [-0.3, -0.25) is 0 Å². The average Bonchev–Trinajstić information content (AvgIpc) is 2.26. The lowest BCUT2D eigenvalue weighted by Gasteiger charge is -2.18. The molecule has 2 rings (SSSR count). The third kappa shape index (κ3) is 2.82. The van der Waals surface area contributed by atoms with E-state index in [1.54, 1.807) is 12.1 Å². The van der Waals surface area contributed by atoms with E-state index in [9.17, 15) is 4.39 Å². The molecule has 0 fully saturated rings. The Morgan fingerprint density at radius 3 is 2.00 bits per heavy atom. The van der Waals surface area contributed by atoms with E-state index < -0.39 is 0 Å². The van der Waals surface area contributed by atoms with Gasteiger partial charge in [-0.25, -0.2) is 4.39 Å². The van der Waals surface area contributed by atoms with Crippen LogP contribution in [0, 0.1) is 33.5 Å². The van der Waals surface area contributed by atoms with Crippen LogP contribution in [0.1, 0.15) is 38.8 Å². The predicted octanol–water partition coefficient (Wildman–Crippen LogP) is 5.39. The van der Waals surface area contributed by atoms with Gasteiger partial charge in [-0.15, -0.1) is 11.6 Å². The van der Waals surface area contributed by atoms with Crippen LogP contribution in [0.2, 0.25) is 0 Å². The summed E-state index contributed by atoms with van der Waals surface area (Å²) in [5.74, 6) is -0.205. The molecular formula is C17H18ClF. The van der Waals surface area contributed by atoms with E-state index in [2.05, 4.69) is 32.0 Å². The smallest absolute Gasteiger partial charge is 0.123 e. The van der Waals surface area contributed by atoms with Crippen molar-refractivity contribution in [3.63, 3.8) is 0 Å². The molecule has 0 spiro atoms. The van der Waals surface area contributed by atoms with Gasteiger partial charge in [0.2, 0.25) is 0 Å². The molecule has 2 aromatic carbocycles. The second-order valence-corrected chi connectivity index (χ2v) is 5.61. The molecule has 0 saturated carbocycles. The Balaban J connectivity index is 2.53. The average molecular weight is 277 g/mol. The van der Waals surface area contributed by atoms with Gasteiger partial charge in [0, 0.05) is 0 Å². The first-order valence-corrected chi connectivity index (χ1v) is 6.81. The molecule has 0 aliphatic heterocycles. The zero-order chi connectivity index (χ0) is 14.2. The van der Waals surface area contributed by atoms with Crippen molar-refractivity contribution in [1.82, 2.24) is 0 Å². The number of hydrogen-bond acceptors (Lipinski definition) is 0. The summed E-state index contributed by atoms with van der Waals surface area (Å²) in [6, 6.07) is 9.33. The highest BCUT2D eigenvalue weighted by molar-refractivity contribution is 6.23. The minimum atomic E-state index is -0.235. The lowest BCUT2D eigenvalue weighted by molar-refractivity contribution is 0.624. The summed E-state index contributed by atoms with van der Waals surface area (Å²) in [5, 5.41) is -0.235. The fraction of sp³-hybridized carbons (Fsp3) is 0.294. The lowest BCUT2D eigenvalue weighted by Crippen LogP contribution is -2.02. The highest BCUT2D eigenvalue weighted by Crippen LogP contribution is 2.35. The fourth-order valence-electron chi connectivity index (χ4n) is 2.59. The molecule has 0 aromatic heterocycles. The minimum absolute atomic E-state index is 0.205. The SMILES string of the molecule is Cc1ccc(C(Cl)c2c(C)cc(F)cc2C)c(C)c1. The molecule has 0 saturated heterocycles. The van der Waals surface area contributed by atoms with Crippen LogP contribution in [0.3, 0.4) is 0 Å². The summed E-state index contributed by atoms with van der Waals surface area (Å²) in [6.45, 7) is 7.94. The fourth-order valence-corrected chi connectivity index (χ4v) is 3.18. The molecule has 0 nitrogen and oxygen atoms in total. The molecule has 100 valence electrons. The van der Waals surface area contributed by atoms with Gasteiger partial charge in [-0.1, -0.05) is 23.8 Å². The Kier molecular flexibility index (Phi) is 3.96. The van der Waals surface area contributed by atoms with Crippen LogP contribution in [0.25, 0.3) is 0 Å². The normalized spacial score (nSPS) is 12.5. The van der Waals surface area contributed by atoms with Crippen molar-refractivity contribution in [3.05, 3.63) is 69.5 Å². The first-order valence-electron chi connectivity index (χ1n) is 6.38. The van der Waals surface area contributed by atoms with Crippen molar-refractivity contribution in [3.8, 4) is 0 Å². The maximum Gasteiger partial charge on any atom is 0.123 e. The number of aryl methyl sites for hydroxylation is 4. The van der Waals surface area contributed by atoms with Crippen LogP contribution in [0.15, 0.2) is 30.3 Å². The quantitative estimate of drug-likeness (QED) is 0.645. The van der Waals surface area contributed by atoms with Gasteiger partial charge < -0.3 is 0 Å². The number of benzene rings is 2. The standard InChI is InChI=1S/C17H18ClF/c1-10-5-6-15(11(2)7-10)17(18)16-12(3)8-14(19)9-13(16)4/h5-9,17H,1-4H3. The van der Waals surface area contributed by atoms with Crippen LogP contribution in [-0.2, 0) is 0 Å². The summed E-state index contributed by atoms with van der Waals surface area (Å²) >= 11 is 6.63. The highest BCUT2D eigenvalue weighted by Gasteiger charge is 2.18. The Morgan fingerprint density at radius 2 is 1.47 bits per heavy atom. The Hall–Kier alpha value is -1.34. The van der Waals surface area contributed by atoms with Gasteiger partial charge in [0.05, 0.1) is 5.38 Å². The zero-order valence-electron chi connectivity index (χ0n) is 11.7. The van der Waals surface area contributed by atoms with Crippen molar-refractivity contribution in [2.75, 3.05) is 0 Å². The van der Waals surface area contributed by atoms with Crippen LogP contribution in [0.4, 0.5) is 4.39 Å². The van der Waals surface area contributed by atoms with Crippen LogP contribution < -0.4 is 0 Å². The van der Waals surface area contributed by atoms with Crippen molar-refractivity contribution in [2.24, 2.45) is 0 Å². The first-order chi connectivity index (χ1) is 8.90. The van der Waals surface area contributed by atoms with E-state index in [0.717, 1.165) is 22.3 Å². The molecule has 0 heterocycles. The molecule has 1 unspecified atom stereocenters. The first kappa shape index (κ1) is 14.1. The second kappa shape index (κ2) is 5.34. The van der Waals surface area contributed by atoms with E-state index in [1.165, 1.54) is 11.1 Å². The molecule has 2 heteroatoms. The maximum atomic E-state index is 13.4. The topological polar surface area (TPSA) is 0 Å². The number of rotatable bonds is 2. The summed E-state index contributed by atoms with van der Waals surface area (Å²) in [7, 11) is 0. The van der Waals surface area contributed by atoms with Crippen molar-refractivity contribution in [1.29, 1.82) is 0 Å². The van der Waals surface area contributed by atoms with Gasteiger partial charge in [0.1, 0.15) is 5.82 Å². The van der Waals surface area contributed by atoms with Gasteiger partial charge in [0.25, 0.3) is 0 Å². The Bertz CT molecular complexity index is 594. The summed E-state index contributed by atoms with van der Waals surface area (Å²) in [4.78, 5) is 0. The molecule has 0 aliphatic carbocycles. The van der Waals surface area contributed by atoms with Crippen molar-refractivity contribution >= 4 is 11.6 Å². The zero-order valence-corrected chi connectivity index (χ0v) is 12.5. The van der Waals surface area contributed by atoms with E-state index in [-0.39, 0.29) is 11.2 Å². The van der Waals surface area contributed by atoms with E-state index >= 15 is 0 Å². The van der Waals surface area contributed by atoms with Gasteiger partial charge in [-0.05, 0) is 67.6 Å². The molecule has 2 aromatic rings. The number of alkyl halides is 1. The molecule has 0 bridgehead atoms. The Labute approximate surface area is 119 Å². The van der Waals surface area contributed by atoms with Crippen molar-refractivity contribution in [2.45, 2.75) is 33.1 Å². The molecule has 19 heavy (non-hydrogen) atoms. The summed E-state index contributed by atoms with van der Waals surface area (Å²) in [5.41, 5.74) is 6.29. The molecule has 1 atom stereocenters. The minimum Gasteiger partial charge on any atom is -0.207 e. The molecule has 0 N–H and O–H groups in total. The second-order valence-electron chi connectivity index (χ2n) is 5.18. The van der Waals surface area contributed by atoms with Gasteiger partial charge in [-0.2, -0.15) is 0 Å². The largest absolute Gasteiger partial charge is 0.207 e. The third-order valence-corrected chi connectivity index (χ3v) is 3.96. The van der Waals surface area contributed by atoms with E-state index in [1.807, 2.05) is 13.8 Å². The molecule has 0 amide bonds. The predicted molar refractivity (Wildman–Crippen MR) is 79.5 cm³/mol. The number of hydrogen-bond donors (Lipinski definition) is 0. The van der Waals surface area contributed by atoms with Crippen LogP contribution in [0.5, 0.6) is 0 Å². The summed E-state index contributed by atoms with van der Waals surface area (Å²) in [6.07, 6.45) is 0. The highest BCUT2D eigenvalue weighted by atomic mass is 35.5. The molecule has 0 radical (unpaired) electrons. The lowest BCUT2D eigenvalue weighted by atomic mass is 9.92. The van der Waals surface area contributed by atoms with Crippen LogP contribution >= 0.6 is 11.6 Å². The van der Waals surface area contributed by atoms with Crippen molar-refractivity contribution < 1.29 is 4.39 Å². The number of halogens is 2. The Morgan fingerprint density at radius 1 is 0.895 bits per heavy atom. The molecular weight excluding hydrogens is 259 g/mol. The van der Waals surface area contributed by atoms with Crippen LogP contribution in [-0.4, -0.2) is 0 Å².